The van der Waals surface area contributed by atoms with Crippen molar-refractivity contribution in [2.24, 2.45) is 0 Å². The monoisotopic (exact) mass is 719 g/mol. The van der Waals surface area contributed by atoms with E-state index in [-0.39, 0.29) is 24.8 Å². The summed E-state index contributed by atoms with van der Waals surface area (Å²) in [5.41, 5.74) is 7.83. The molecule has 0 unspecified atom stereocenters. The summed E-state index contributed by atoms with van der Waals surface area (Å²) in [4.78, 5) is 15.2. The Labute approximate surface area is 317 Å². The highest BCUT2D eigenvalue weighted by Gasteiger charge is 2.33. The van der Waals surface area contributed by atoms with Gasteiger partial charge in [-0.05, 0) is 76.8 Å². The number of hydrogen-bond donors (Lipinski definition) is 3. The zero-order valence-corrected chi connectivity index (χ0v) is 30.3. The highest BCUT2D eigenvalue weighted by molar-refractivity contribution is 5.89. The first-order valence-electron chi connectivity index (χ1n) is 18.3. The van der Waals surface area contributed by atoms with E-state index in [4.69, 9.17) is 14.2 Å². The molecular formula is C46H45N3O5. The van der Waals surface area contributed by atoms with Gasteiger partial charge in [0.15, 0.2) is 6.29 Å². The lowest BCUT2D eigenvalue weighted by molar-refractivity contribution is -0.252. The molecule has 7 rings (SSSR count). The number of aliphatic hydroxyl groups is 1. The van der Waals surface area contributed by atoms with Crippen LogP contribution in [-0.4, -0.2) is 35.7 Å². The summed E-state index contributed by atoms with van der Waals surface area (Å²) in [5.74, 6) is 1.44. The van der Waals surface area contributed by atoms with Gasteiger partial charge in [-0.2, -0.15) is 0 Å². The van der Waals surface area contributed by atoms with Gasteiger partial charge in [-0.15, -0.1) is 0 Å². The molecule has 1 fully saturated rings. The SMILES string of the molecule is CN(Cc1ccccc1)C[C@@H]1C[C@H](c2ccc(CO)cc2)O[C@H](c2ccc(-c3ccccc3CNC(=O)Nc3ccc(Oc4ccccc4)cc3)cc2)O1. The van der Waals surface area contributed by atoms with E-state index in [0.717, 1.165) is 52.2 Å². The number of benzene rings is 6. The number of ether oxygens (including phenoxy) is 3. The molecule has 6 aromatic carbocycles. The molecule has 0 bridgehead atoms. The summed E-state index contributed by atoms with van der Waals surface area (Å²) in [5, 5.41) is 15.5. The molecule has 3 atom stereocenters. The lowest BCUT2D eigenvalue weighted by Gasteiger charge is -2.38. The highest BCUT2D eigenvalue weighted by atomic mass is 16.7. The second-order valence-electron chi connectivity index (χ2n) is 13.6. The van der Waals surface area contributed by atoms with Crippen LogP contribution in [0.1, 0.15) is 46.6 Å². The number of likely N-dealkylation sites (N-methyl/N-ethyl adjacent to an activating group) is 1. The lowest BCUT2D eigenvalue weighted by atomic mass is 9.97. The maximum Gasteiger partial charge on any atom is 0.319 e. The maximum atomic E-state index is 12.9. The number of rotatable bonds is 13. The van der Waals surface area contributed by atoms with Gasteiger partial charge in [0.25, 0.3) is 0 Å². The van der Waals surface area contributed by atoms with Crippen LogP contribution in [0.4, 0.5) is 10.5 Å². The van der Waals surface area contributed by atoms with Crippen LogP contribution in [0.2, 0.25) is 0 Å². The summed E-state index contributed by atoms with van der Waals surface area (Å²) in [7, 11) is 2.12. The number of nitrogens with zero attached hydrogens (tertiary/aromatic N) is 1. The normalized spacial score (nSPS) is 16.8. The third-order valence-corrected chi connectivity index (χ3v) is 9.47. The van der Waals surface area contributed by atoms with E-state index in [0.29, 0.717) is 24.4 Å². The largest absolute Gasteiger partial charge is 0.457 e. The number of nitrogens with one attached hydrogen (secondary N) is 2. The Bertz CT molecular complexity index is 2070. The number of carbonyl (C=O) groups excluding carboxylic acids is 1. The zero-order chi connectivity index (χ0) is 37.1. The number of carbonyl (C=O) groups is 1. The third-order valence-electron chi connectivity index (χ3n) is 9.47. The van der Waals surface area contributed by atoms with Crippen molar-refractivity contribution >= 4 is 11.7 Å². The van der Waals surface area contributed by atoms with Crippen LogP contribution in [0.15, 0.2) is 158 Å². The molecule has 6 aromatic rings. The van der Waals surface area contributed by atoms with Crippen molar-refractivity contribution in [1.82, 2.24) is 10.2 Å². The van der Waals surface area contributed by atoms with Gasteiger partial charge in [0.2, 0.25) is 0 Å². The van der Waals surface area contributed by atoms with E-state index in [1.165, 1.54) is 5.56 Å². The van der Waals surface area contributed by atoms with E-state index >= 15 is 0 Å². The Balaban J connectivity index is 1.000. The van der Waals surface area contributed by atoms with Gasteiger partial charge in [-0.25, -0.2) is 4.79 Å². The number of urea groups is 1. The second-order valence-corrected chi connectivity index (χ2v) is 13.6. The van der Waals surface area contributed by atoms with Crippen LogP contribution in [0.25, 0.3) is 11.1 Å². The molecule has 54 heavy (non-hydrogen) atoms. The first kappa shape index (κ1) is 36.6. The van der Waals surface area contributed by atoms with Crippen molar-refractivity contribution in [3.8, 4) is 22.6 Å². The minimum atomic E-state index is -0.551. The summed E-state index contributed by atoms with van der Waals surface area (Å²) < 4.78 is 19.1. The fraction of sp³-hybridized carbons (Fsp3) is 0.196. The van der Waals surface area contributed by atoms with Crippen LogP contribution in [0.3, 0.4) is 0 Å². The number of hydrogen-bond acceptors (Lipinski definition) is 6. The predicted octanol–water partition coefficient (Wildman–Crippen LogP) is 9.64. The minimum absolute atomic E-state index is 0.00364. The summed E-state index contributed by atoms with van der Waals surface area (Å²) in [6.07, 6.45) is -0.0540. The van der Waals surface area contributed by atoms with Gasteiger partial charge in [0.05, 0.1) is 18.8 Å². The van der Waals surface area contributed by atoms with Crippen molar-refractivity contribution < 1.29 is 24.1 Å². The Kier molecular flexibility index (Phi) is 12.1. The Hall–Kier alpha value is -5.77. The van der Waals surface area contributed by atoms with Crippen LogP contribution >= 0.6 is 0 Å². The highest BCUT2D eigenvalue weighted by Crippen LogP contribution is 2.39. The molecule has 1 saturated heterocycles. The molecule has 0 aliphatic carbocycles. The van der Waals surface area contributed by atoms with Crippen molar-refractivity contribution in [3.05, 3.63) is 186 Å². The molecule has 1 aliphatic heterocycles. The summed E-state index contributed by atoms with van der Waals surface area (Å²) in [6, 6.07) is 51.3. The maximum absolute atomic E-state index is 12.9. The van der Waals surface area contributed by atoms with Gasteiger partial charge in [-0.1, -0.05) is 121 Å². The summed E-state index contributed by atoms with van der Waals surface area (Å²) in [6.45, 7) is 1.93. The van der Waals surface area contributed by atoms with Crippen LogP contribution < -0.4 is 15.4 Å². The molecular weight excluding hydrogens is 675 g/mol. The number of anilines is 1. The molecule has 0 aromatic heterocycles. The van der Waals surface area contributed by atoms with E-state index in [1.54, 1.807) is 0 Å². The van der Waals surface area contributed by atoms with Gasteiger partial charge < -0.3 is 30.0 Å². The van der Waals surface area contributed by atoms with E-state index in [2.05, 4.69) is 77.2 Å². The van der Waals surface area contributed by atoms with Crippen molar-refractivity contribution in [3.63, 3.8) is 0 Å². The van der Waals surface area contributed by atoms with E-state index < -0.39 is 6.29 Å². The minimum Gasteiger partial charge on any atom is -0.457 e. The Morgan fingerprint density at radius 3 is 2.09 bits per heavy atom. The van der Waals surface area contributed by atoms with Crippen LogP contribution in [0, 0.1) is 0 Å². The molecule has 0 saturated carbocycles. The van der Waals surface area contributed by atoms with Gasteiger partial charge in [-0.3, -0.25) is 4.90 Å². The smallest absolute Gasteiger partial charge is 0.319 e. The first-order chi connectivity index (χ1) is 26.5. The van der Waals surface area contributed by atoms with Crippen LogP contribution in [-0.2, 0) is 29.2 Å². The van der Waals surface area contributed by atoms with Gasteiger partial charge >= 0.3 is 6.03 Å². The Morgan fingerprint density at radius 2 is 1.37 bits per heavy atom. The molecule has 1 heterocycles. The molecule has 2 amide bonds. The molecule has 8 nitrogen and oxygen atoms in total. The number of aliphatic hydroxyl groups excluding tert-OH is 1. The van der Waals surface area contributed by atoms with Crippen molar-refractivity contribution in [2.45, 2.75) is 44.6 Å². The number of amides is 2. The van der Waals surface area contributed by atoms with Gasteiger partial charge in [0.1, 0.15) is 11.5 Å². The Morgan fingerprint density at radius 1 is 0.722 bits per heavy atom. The topological polar surface area (TPSA) is 92.3 Å². The first-order valence-corrected chi connectivity index (χ1v) is 18.3. The summed E-state index contributed by atoms with van der Waals surface area (Å²) >= 11 is 0. The average molecular weight is 720 g/mol. The lowest BCUT2D eigenvalue weighted by Crippen LogP contribution is -2.37. The predicted molar refractivity (Wildman–Crippen MR) is 212 cm³/mol. The van der Waals surface area contributed by atoms with Crippen molar-refractivity contribution in [2.75, 3.05) is 18.9 Å². The quantitative estimate of drug-likeness (QED) is 0.110. The molecule has 1 aliphatic rings. The fourth-order valence-corrected chi connectivity index (χ4v) is 6.70. The van der Waals surface area contributed by atoms with Crippen LogP contribution in [0.5, 0.6) is 11.5 Å². The molecule has 8 heteroatoms. The standard InChI is InChI=1S/C46H45N3O5/c1-49(30-33-10-4-2-5-11-33)31-42-28-44(36-18-16-34(32-50)17-19-36)54-45(53-42)37-22-20-35(21-23-37)43-15-9-8-12-38(43)29-47-46(51)48-39-24-26-41(27-25-39)52-40-13-6-3-7-14-40/h2-27,42,44-45,50H,28-32H2,1H3,(H2,47,48,51)/t42-,44+,45+/m0/s1. The molecule has 0 spiro atoms. The van der Waals surface area contributed by atoms with Crippen molar-refractivity contribution in [1.29, 1.82) is 0 Å². The molecule has 3 N–H and O–H groups in total. The fourth-order valence-electron chi connectivity index (χ4n) is 6.70. The average Bonchev–Trinajstić information content (AvgIpc) is 3.21. The zero-order valence-electron chi connectivity index (χ0n) is 30.3. The second kappa shape index (κ2) is 17.8. The van der Waals surface area contributed by atoms with E-state index in [9.17, 15) is 9.90 Å². The van der Waals surface area contributed by atoms with Gasteiger partial charge in [0, 0.05) is 37.3 Å². The molecule has 0 radical (unpaired) electrons. The van der Waals surface area contributed by atoms with E-state index in [1.807, 2.05) is 103 Å². The third kappa shape index (κ3) is 9.80. The molecule has 274 valence electrons. The number of para-hydroxylation sites is 1.